The van der Waals surface area contributed by atoms with Crippen LogP contribution >= 0.6 is 0 Å². The number of nitrogens with zero attached hydrogens (tertiary/aromatic N) is 1. The average molecular weight is 274 g/mol. The van der Waals surface area contributed by atoms with Crippen LogP contribution in [0.15, 0.2) is 0 Å². The fraction of sp³-hybridized carbons (Fsp3) is 1.00. The van der Waals surface area contributed by atoms with Crippen molar-refractivity contribution >= 4 is 9.84 Å². The molecule has 5 heteroatoms. The van der Waals surface area contributed by atoms with Crippen molar-refractivity contribution in [1.82, 2.24) is 10.2 Å². The van der Waals surface area contributed by atoms with E-state index in [1.807, 2.05) is 0 Å². The van der Waals surface area contributed by atoms with Gasteiger partial charge < -0.3 is 5.32 Å². The zero-order chi connectivity index (χ0) is 13.2. The maximum atomic E-state index is 11.6. The van der Waals surface area contributed by atoms with E-state index in [0.717, 1.165) is 25.6 Å². The van der Waals surface area contributed by atoms with Crippen LogP contribution in [0, 0.1) is 5.92 Å². The van der Waals surface area contributed by atoms with Gasteiger partial charge in [0, 0.05) is 18.6 Å². The van der Waals surface area contributed by atoms with E-state index < -0.39 is 9.84 Å². The molecule has 0 radical (unpaired) electrons. The molecule has 1 saturated carbocycles. The molecule has 0 spiro atoms. The van der Waals surface area contributed by atoms with Gasteiger partial charge in [0.05, 0.1) is 11.5 Å². The second-order valence-corrected chi connectivity index (χ2v) is 8.25. The Morgan fingerprint density at radius 2 is 1.94 bits per heavy atom. The summed E-state index contributed by atoms with van der Waals surface area (Å²) in [7, 11) is -2.78. The maximum absolute atomic E-state index is 11.6. The first-order valence-electron chi connectivity index (χ1n) is 7.16. The van der Waals surface area contributed by atoms with Gasteiger partial charge in [-0.05, 0) is 45.2 Å². The second kappa shape index (κ2) is 5.88. The molecule has 18 heavy (non-hydrogen) atoms. The summed E-state index contributed by atoms with van der Waals surface area (Å²) in [6.45, 7) is 7.18. The van der Waals surface area contributed by atoms with Gasteiger partial charge in [-0.25, -0.2) is 8.42 Å². The van der Waals surface area contributed by atoms with E-state index in [0.29, 0.717) is 30.0 Å². The molecular formula is C13H26N2O2S. The van der Waals surface area contributed by atoms with Gasteiger partial charge in [0.2, 0.25) is 0 Å². The molecule has 4 nitrogen and oxygen atoms in total. The zero-order valence-electron chi connectivity index (χ0n) is 11.6. The quantitative estimate of drug-likeness (QED) is 0.809. The van der Waals surface area contributed by atoms with E-state index in [-0.39, 0.29) is 0 Å². The number of rotatable bonds is 5. The third-order valence-corrected chi connectivity index (χ3v) is 6.01. The van der Waals surface area contributed by atoms with Crippen LogP contribution in [0.2, 0.25) is 0 Å². The van der Waals surface area contributed by atoms with Crippen LogP contribution in [0.4, 0.5) is 0 Å². The van der Waals surface area contributed by atoms with Crippen molar-refractivity contribution in [3.8, 4) is 0 Å². The van der Waals surface area contributed by atoms with Crippen LogP contribution in [0.3, 0.4) is 0 Å². The molecular weight excluding hydrogens is 248 g/mol. The van der Waals surface area contributed by atoms with E-state index in [9.17, 15) is 8.42 Å². The summed E-state index contributed by atoms with van der Waals surface area (Å²) in [5.41, 5.74) is 0. The molecule has 2 fully saturated rings. The Morgan fingerprint density at radius 1 is 1.22 bits per heavy atom. The minimum Gasteiger partial charge on any atom is -0.314 e. The molecule has 2 unspecified atom stereocenters. The molecule has 2 rings (SSSR count). The highest BCUT2D eigenvalue weighted by molar-refractivity contribution is 7.91. The van der Waals surface area contributed by atoms with Gasteiger partial charge in [0.25, 0.3) is 0 Å². The fourth-order valence-electron chi connectivity index (χ4n) is 2.54. The largest absolute Gasteiger partial charge is 0.314 e. The van der Waals surface area contributed by atoms with Gasteiger partial charge in [-0.15, -0.1) is 0 Å². The van der Waals surface area contributed by atoms with Gasteiger partial charge in [-0.1, -0.05) is 6.92 Å². The molecule has 1 aliphatic carbocycles. The Bertz CT molecular complexity index is 365. The fourth-order valence-corrected chi connectivity index (χ4v) is 3.82. The summed E-state index contributed by atoms with van der Waals surface area (Å²) in [4.78, 5) is 2.35. The minimum absolute atomic E-state index is 0.333. The number of sulfone groups is 1. The van der Waals surface area contributed by atoms with Gasteiger partial charge in [0.1, 0.15) is 0 Å². The predicted molar refractivity (Wildman–Crippen MR) is 74.5 cm³/mol. The summed E-state index contributed by atoms with van der Waals surface area (Å²) in [5, 5.41) is 3.56. The predicted octanol–water partition coefficient (Wildman–Crippen LogP) is 0.884. The SMILES string of the molecule is CC(CNC1CC1)C(C)N1CCCS(=O)(=O)CC1. The summed E-state index contributed by atoms with van der Waals surface area (Å²) < 4.78 is 23.2. The molecule has 2 atom stereocenters. The smallest absolute Gasteiger partial charge is 0.151 e. The van der Waals surface area contributed by atoms with Gasteiger partial charge in [0.15, 0.2) is 9.84 Å². The summed E-state index contributed by atoms with van der Waals surface area (Å²) in [5.74, 6) is 1.27. The Balaban J connectivity index is 1.81. The lowest BCUT2D eigenvalue weighted by Crippen LogP contribution is -2.42. The van der Waals surface area contributed by atoms with E-state index in [1.54, 1.807) is 0 Å². The van der Waals surface area contributed by atoms with E-state index >= 15 is 0 Å². The minimum atomic E-state index is -2.78. The molecule has 1 N–H and O–H groups in total. The monoisotopic (exact) mass is 274 g/mol. The van der Waals surface area contributed by atoms with Crippen molar-refractivity contribution in [3.63, 3.8) is 0 Å². The summed E-state index contributed by atoms with van der Waals surface area (Å²) >= 11 is 0. The van der Waals surface area contributed by atoms with E-state index in [1.165, 1.54) is 12.8 Å². The van der Waals surface area contributed by atoms with Gasteiger partial charge >= 0.3 is 0 Å². The van der Waals surface area contributed by atoms with Crippen molar-refractivity contribution in [2.24, 2.45) is 5.92 Å². The van der Waals surface area contributed by atoms with Gasteiger partial charge in [-0.2, -0.15) is 0 Å². The molecule has 1 saturated heterocycles. The molecule has 0 bridgehead atoms. The first kappa shape index (κ1) is 14.3. The Morgan fingerprint density at radius 3 is 2.61 bits per heavy atom. The van der Waals surface area contributed by atoms with Crippen LogP contribution in [-0.2, 0) is 9.84 Å². The first-order valence-corrected chi connectivity index (χ1v) is 8.98. The highest BCUT2D eigenvalue weighted by atomic mass is 32.2. The Kier molecular flexibility index (Phi) is 4.67. The second-order valence-electron chi connectivity index (χ2n) is 5.94. The lowest BCUT2D eigenvalue weighted by Gasteiger charge is -2.32. The van der Waals surface area contributed by atoms with Crippen LogP contribution in [0.1, 0.15) is 33.1 Å². The third-order valence-electron chi connectivity index (χ3n) is 4.30. The van der Waals surface area contributed by atoms with Crippen molar-refractivity contribution in [2.75, 3.05) is 31.1 Å². The standard InChI is InChI=1S/C13H26N2O2S/c1-11(10-14-13-4-5-13)12(2)15-6-3-8-18(16,17)9-7-15/h11-14H,3-10H2,1-2H3. The van der Waals surface area contributed by atoms with Crippen molar-refractivity contribution in [1.29, 1.82) is 0 Å². The number of hydrogen-bond acceptors (Lipinski definition) is 4. The molecule has 106 valence electrons. The molecule has 0 aromatic carbocycles. The van der Waals surface area contributed by atoms with E-state index in [4.69, 9.17) is 0 Å². The molecule has 2 aliphatic rings. The Hall–Kier alpha value is -0.130. The lowest BCUT2D eigenvalue weighted by atomic mass is 10.0. The molecule has 1 heterocycles. The maximum Gasteiger partial charge on any atom is 0.151 e. The first-order chi connectivity index (χ1) is 8.48. The van der Waals surface area contributed by atoms with E-state index in [2.05, 4.69) is 24.1 Å². The normalized spacial score (nSPS) is 28.6. The van der Waals surface area contributed by atoms with Crippen LogP contribution in [-0.4, -0.2) is 56.5 Å². The zero-order valence-corrected chi connectivity index (χ0v) is 12.4. The van der Waals surface area contributed by atoms with Gasteiger partial charge in [-0.3, -0.25) is 4.90 Å². The van der Waals surface area contributed by atoms with Crippen molar-refractivity contribution in [2.45, 2.75) is 45.2 Å². The van der Waals surface area contributed by atoms with Crippen LogP contribution in [0.25, 0.3) is 0 Å². The van der Waals surface area contributed by atoms with Crippen molar-refractivity contribution in [3.05, 3.63) is 0 Å². The molecule has 0 amide bonds. The van der Waals surface area contributed by atoms with Crippen LogP contribution < -0.4 is 5.32 Å². The highest BCUT2D eigenvalue weighted by Gasteiger charge is 2.27. The average Bonchev–Trinajstić information content (AvgIpc) is 3.13. The third kappa shape index (κ3) is 4.21. The Labute approximate surface area is 111 Å². The molecule has 0 aromatic rings. The van der Waals surface area contributed by atoms with Crippen molar-refractivity contribution < 1.29 is 8.42 Å². The topological polar surface area (TPSA) is 49.4 Å². The lowest BCUT2D eigenvalue weighted by molar-refractivity contribution is 0.171. The number of hydrogen-bond donors (Lipinski definition) is 1. The molecule has 0 aromatic heterocycles. The van der Waals surface area contributed by atoms with Crippen LogP contribution in [0.5, 0.6) is 0 Å². The number of nitrogens with one attached hydrogen (secondary N) is 1. The summed E-state index contributed by atoms with van der Waals surface area (Å²) in [6, 6.07) is 1.22. The highest BCUT2D eigenvalue weighted by Crippen LogP contribution is 2.20. The summed E-state index contributed by atoms with van der Waals surface area (Å²) in [6.07, 6.45) is 3.43. The molecule has 1 aliphatic heterocycles.